The molecule has 0 amide bonds. The van der Waals surface area contributed by atoms with Crippen LogP contribution in [0.25, 0.3) is 0 Å². The van der Waals surface area contributed by atoms with Crippen molar-refractivity contribution in [1.29, 1.82) is 0 Å². The van der Waals surface area contributed by atoms with Crippen molar-refractivity contribution in [2.24, 2.45) is 0 Å². The summed E-state index contributed by atoms with van der Waals surface area (Å²) in [6.45, 7) is -0.927. The van der Waals surface area contributed by atoms with Crippen molar-refractivity contribution in [3.8, 4) is 0 Å². The lowest BCUT2D eigenvalue weighted by atomic mass is 10.3. The molecule has 0 radical (unpaired) electrons. The lowest BCUT2D eigenvalue weighted by Gasteiger charge is -2.23. The van der Waals surface area contributed by atoms with Gasteiger partial charge in [0.2, 0.25) is 0 Å². The summed E-state index contributed by atoms with van der Waals surface area (Å²) in [5.41, 5.74) is 0. The molecule has 0 atom stereocenters. The quantitative estimate of drug-likeness (QED) is 0.389. The van der Waals surface area contributed by atoms with Gasteiger partial charge in [-0.25, -0.2) is 0 Å². The van der Waals surface area contributed by atoms with Crippen molar-refractivity contribution in [3.63, 3.8) is 0 Å². The smallest absolute Gasteiger partial charge is 0.412 e. The van der Waals surface area contributed by atoms with Crippen LogP contribution in [0.15, 0.2) is 0 Å². The highest BCUT2D eigenvalue weighted by atomic mass is 31.2. The Morgan fingerprint density at radius 1 is 0.957 bits per heavy atom. The normalized spacial score (nSPS) is 13.5. The van der Waals surface area contributed by atoms with Gasteiger partial charge in [-0.1, -0.05) is 13.3 Å². The van der Waals surface area contributed by atoms with Gasteiger partial charge in [-0.05, 0) is 6.42 Å². The van der Waals surface area contributed by atoms with E-state index in [0.717, 1.165) is 4.48 Å². The van der Waals surface area contributed by atoms with E-state index >= 15 is 0 Å². The fraction of sp³-hybridized carbons (Fsp3) is 1.00. The molecule has 0 unspecified atom stereocenters. The van der Waals surface area contributed by atoms with Crippen LogP contribution in [0, 0.1) is 0 Å². The van der Waals surface area contributed by atoms with Crippen LogP contribution in [0.2, 0.25) is 0 Å². The van der Waals surface area contributed by atoms with Crippen LogP contribution in [0.5, 0.6) is 0 Å². The number of halogens is 6. The number of quaternary nitrogens is 1. The van der Waals surface area contributed by atoms with Crippen LogP contribution in [0.4, 0.5) is 26.3 Å². The Morgan fingerprint density at radius 2 is 1.30 bits per heavy atom. The number of hydrogen-bond acceptors (Lipinski definition) is 4. The van der Waals surface area contributed by atoms with E-state index in [2.05, 4.69) is 37.1 Å². The summed E-state index contributed by atoms with van der Waals surface area (Å²) in [4.78, 5) is 10.3. The highest BCUT2D eigenvalue weighted by Gasteiger charge is 2.33. The molecule has 23 heavy (non-hydrogen) atoms. The fourth-order valence-electron chi connectivity index (χ4n) is 0.974. The van der Waals surface area contributed by atoms with E-state index in [4.69, 9.17) is 0 Å². The third-order valence-corrected chi connectivity index (χ3v) is 2.85. The van der Waals surface area contributed by atoms with E-state index < -0.39 is 33.4 Å². The van der Waals surface area contributed by atoms with Crippen LogP contribution in [0.1, 0.15) is 19.8 Å². The molecule has 0 aliphatic heterocycles. The van der Waals surface area contributed by atoms with Gasteiger partial charge < -0.3 is 18.4 Å². The van der Waals surface area contributed by atoms with Gasteiger partial charge in [-0.15, -0.1) is 0 Å². The molecule has 0 aromatic carbocycles. The van der Waals surface area contributed by atoms with Crippen LogP contribution >= 0.6 is 7.82 Å². The topological polar surface area (TPSA) is 58.6 Å². The van der Waals surface area contributed by atoms with Gasteiger partial charge >= 0.3 is 12.4 Å². The SMILES string of the molecule is CCCC[N+](C)(C)C.O=P([O-])(OCC(F)(F)F)OCC(F)(F)F. The maximum absolute atomic E-state index is 11.4. The average Bonchev–Trinajstić information content (AvgIpc) is 2.30. The molecule has 0 rings (SSSR count). The molecule has 0 saturated heterocycles. The van der Waals surface area contributed by atoms with Crippen molar-refractivity contribution < 1.29 is 49.3 Å². The minimum absolute atomic E-state index is 1.10. The zero-order chi connectivity index (χ0) is 18.9. The number of hydrogen-bond donors (Lipinski definition) is 0. The lowest BCUT2D eigenvalue weighted by molar-refractivity contribution is -0.870. The van der Waals surface area contributed by atoms with Crippen LogP contribution in [-0.4, -0.2) is 57.7 Å². The Labute approximate surface area is 131 Å². The van der Waals surface area contributed by atoms with Crippen molar-refractivity contribution in [2.75, 3.05) is 40.9 Å². The van der Waals surface area contributed by atoms with Gasteiger partial charge in [0.15, 0.2) is 13.2 Å². The number of alkyl halides is 6. The Morgan fingerprint density at radius 3 is 1.48 bits per heavy atom. The summed E-state index contributed by atoms with van der Waals surface area (Å²) in [5.74, 6) is 0. The predicted molar refractivity (Wildman–Crippen MR) is 69.4 cm³/mol. The van der Waals surface area contributed by atoms with Crippen molar-refractivity contribution >= 4 is 7.82 Å². The fourth-order valence-corrected chi connectivity index (χ4v) is 1.66. The van der Waals surface area contributed by atoms with Crippen LogP contribution in [-0.2, 0) is 13.6 Å². The minimum atomic E-state index is -5.58. The average molecular weight is 377 g/mol. The molecule has 0 N–H and O–H groups in total. The molecule has 0 saturated carbocycles. The first-order chi connectivity index (χ1) is 9.97. The van der Waals surface area contributed by atoms with Crippen LogP contribution < -0.4 is 4.89 Å². The molecule has 0 heterocycles. The molecule has 0 aromatic heterocycles. The summed E-state index contributed by atoms with van der Waals surface area (Å²) in [6, 6.07) is 0. The minimum Gasteiger partial charge on any atom is -0.756 e. The van der Waals surface area contributed by atoms with Gasteiger partial charge in [-0.3, -0.25) is 4.57 Å². The van der Waals surface area contributed by atoms with Gasteiger partial charge in [0, 0.05) is 0 Å². The second-order valence-corrected chi connectivity index (χ2v) is 7.00. The summed E-state index contributed by atoms with van der Waals surface area (Å²) in [6.07, 6.45) is -7.28. The summed E-state index contributed by atoms with van der Waals surface area (Å²) in [5, 5.41) is 0. The molecule has 0 aliphatic rings. The summed E-state index contributed by atoms with van der Waals surface area (Å²) in [7, 11) is 1.12. The first kappa shape index (κ1) is 24.9. The van der Waals surface area contributed by atoms with Gasteiger partial charge in [-0.2, -0.15) is 26.3 Å². The molecular formula is C11H22F6NO4P. The monoisotopic (exact) mass is 377 g/mol. The van der Waals surface area contributed by atoms with Crippen molar-refractivity contribution in [1.82, 2.24) is 0 Å². The number of phosphoric acid groups is 1. The molecule has 0 fully saturated rings. The zero-order valence-electron chi connectivity index (χ0n) is 13.3. The molecule has 0 spiro atoms. The first-order valence-electron chi connectivity index (χ1n) is 6.51. The third kappa shape index (κ3) is 24.0. The van der Waals surface area contributed by atoms with E-state index in [9.17, 15) is 35.8 Å². The molecule has 5 nitrogen and oxygen atoms in total. The summed E-state index contributed by atoms with van der Waals surface area (Å²) < 4.78 is 86.1. The van der Waals surface area contributed by atoms with E-state index in [1.807, 2.05) is 0 Å². The number of phosphoric ester groups is 1. The van der Waals surface area contributed by atoms with E-state index in [0.29, 0.717) is 0 Å². The number of rotatable bonds is 7. The molecule has 142 valence electrons. The predicted octanol–water partition coefficient (Wildman–Crippen LogP) is 3.11. The van der Waals surface area contributed by atoms with Gasteiger partial charge in [0.1, 0.15) is 0 Å². The Kier molecular flexibility index (Phi) is 10.6. The largest absolute Gasteiger partial charge is 0.756 e. The van der Waals surface area contributed by atoms with E-state index in [-0.39, 0.29) is 0 Å². The highest BCUT2D eigenvalue weighted by Crippen LogP contribution is 2.41. The molecule has 0 aliphatic carbocycles. The van der Waals surface area contributed by atoms with Gasteiger partial charge in [0.25, 0.3) is 7.82 Å². The van der Waals surface area contributed by atoms with Gasteiger partial charge in [0.05, 0.1) is 27.7 Å². The Balaban J connectivity index is 0. The number of unbranched alkanes of at least 4 members (excludes halogenated alkanes) is 1. The second-order valence-electron chi connectivity index (χ2n) is 5.59. The molecular weight excluding hydrogens is 355 g/mol. The summed E-state index contributed by atoms with van der Waals surface area (Å²) >= 11 is 0. The first-order valence-corrected chi connectivity index (χ1v) is 7.97. The maximum Gasteiger partial charge on any atom is 0.412 e. The standard InChI is InChI=1S/C7H18N.C4H5F6O4P/c1-5-6-7-8(2,3)4;5-3(6,7)1-13-15(11,12)14-2-4(8,9)10/h5-7H2,1-4H3;1-2H2,(H,11,12)/q+1;/p-1. The maximum atomic E-state index is 11.4. The molecule has 0 aromatic rings. The van der Waals surface area contributed by atoms with Crippen LogP contribution in [0.3, 0.4) is 0 Å². The molecule has 0 bridgehead atoms. The zero-order valence-corrected chi connectivity index (χ0v) is 14.2. The Hall–Kier alpha value is -0.350. The van der Waals surface area contributed by atoms with Crippen molar-refractivity contribution in [2.45, 2.75) is 32.1 Å². The van der Waals surface area contributed by atoms with Crippen molar-refractivity contribution in [3.05, 3.63) is 0 Å². The lowest BCUT2D eigenvalue weighted by Crippen LogP contribution is -2.35. The third-order valence-electron chi connectivity index (χ3n) is 1.96. The highest BCUT2D eigenvalue weighted by molar-refractivity contribution is 7.45. The number of nitrogens with zero attached hydrogens (tertiary/aromatic N) is 1. The molecule has 12 heteroatoms. The van der Waals surface area contributed by atoms with E-state index in [1.165, 1.54) is 19.4 Å². The second kappa shape index (κ2) is 9.83. The Bertz CT molecular complexity index is 345. The van der Waals surface area contributed by atoms with E-state index in [1.54, 1.807) is 0 Å².